The molecule has 0 radical (unpaired) electrons. The zero-order valence-electron chi connectivity index (χ0n) is 10.3. The number of H-pyrrole nitrogens is 1. The molecule has 2 rings (SSSR count). The molecule has 19 heavy (non-hydrogen) atoms. The van der Waals surface area contributed by atoms with Crippen LogP contribution in [0.25, 0.3) is 0 Å². The summed E-state index contributed by atoms with van der Waals surface area (Å²) in [7, 11) is 0. The molecule has 5 heteroatoms. The Hall–Kier alpha value is -2.43. The number of pyridine rings is 1. The number of carbonyl (C=O) groups excluding carboxylic acids is 1. The van der Waals surface area contributed by atoms with E-state index in [1.54, 1.807) is 19.1 Å². The van der Waals surface area contributed by atoms with Crippen LogP contribution in [-0.2, 0) is 0 Å². The average Bonchev–Trinajstić information content (AvgIpc) is 2.39. The van der Waals surface area contributed by atoms with Gasteiger partial charge in [0.25, 0.3) is 5.91 Å². The van der Waals surface area contributed by atoms with E-state index in [9.17, 15) is 14.0 Å². The summed E-state index contributed by atoms with van der Waals surface area (Å²) in [6.07, 6.45) is 1.34. The minimum atomic E-state index is -0.345. The summed E-state index contributed by atoms with van der Waals surface area (Å²) in [5.41, 5.74) is 0.760. The highest BCUT2D eigenvalue weighted by molar-refractivity contribution is 5.94. The van der Waals surface area contributed by atoms with Gasteiger partial charge in [0.2, 0.25) is 5.56 Å². The topological polar surface area (TPSA) is 62.0 Å². The second-order valence-electron chi connectivity index (χ2n) is 4.19. The van der Waals surface area contributed by atoms with E-state index in [0.29, 0.717) is 11.1 Å². The number of halogens is 1. The summed E-state index contributed by atoms with van der Waals surface area (Å²) >= 11 is 0. The van der Waals surface area contributed by atoms with Crippen LogP contribution < -0.4 is 10.9 Å². The molecule has 1 aromatic carbocycles. The highest BCUT2D eigenvalue weighted by atomic mass is 19.1. The normalized spacial score (nSPS) is 11.9. The maximum atomic E-state index is 13.1. The number of rotatable bonds is 3. The third kappa shape index (κ3) is 3.28. The molecular weight excluding hydrogens is 247 g/mol. The molecule has 0 aliphatic rings. The number of aromatic amines is 1. The Labute approximate surface area is 109 Å². The summed E-state index contributed by atoms with van der Waals surface area (Å²) in [4.78, 5) is 25.2. The predicted octanol–water partition coefficient (Wildman–Crippen LogP) is 2.00. The molecule has 1 atom stereocenters. The Balaban J connectivity index is 2.10. The lowest BCUT2D eigenvalue weighted by molar-refractivity contribution is 0.0939. The van der Waals surface area contributed by atoms with Gasteiger partial charge in [0.1, 0.15) is 5.82 Å². The third-order valence-corrected chi connectivity index (χ3v) is 2.74. The van der Waals surface area contributed by atoms with E-state index in [4.69, 9.17) is 0 Å². The molecule has 0 saturated carbocycles. The number of benzene rings is 1. The van der Waals surface area contributed by atoms with Crippen LogP contribution in [-0.4, -0.2) is 10.9 Å². The van der Waals surface area contributed by atoms with Crippen molar-refractivity contribution in [3.05, 3.63) is 69.9 Å². The van der Waals surface area contributed by atoms with Crippen molar-refractivity contribution in [1.29, 1.82) is 0 Å². The second kappa shape index (κ2) is 5.48. The van der Waals surface area contributed by atoms with Gasteiger partial charge in [-0.2, -0.15) is 0 Å². The fourth-order valence-electron chi connectivity index (χ4n) is 1.69. The predicted molar refractivity (Wildman–Crippen MR) is 69.3 cm³/mol. The lowest BCUT2D eigenvalue weighted by atomic mass is 10.1. The van der Waals surface area contributed by atoms with E-state index in [1.165, 1.54) is 30.5 Å². The van der Waals surface area contributed by atoms with Crippen LogP contribution >= 0.6 is 0 Å². The quantitative estimate of drug-likeness (QED) is 0.886. The number of hydrogen-bond acceptors (Lipinski definition) is 2. The molecule has 1 heterocycles. The maximum Gasteiger partial charge on any atom is 0.253 e. The van der Waals surface area contributed by atoms with Crippen LogP contribution in [0.5, 0.6) is 0 Å². The molecule has 2 N–H and O–H groups in total. The lowest BCUT2D eigenvalue weighted by Gasteiger charge is -2.14. The first kappa shape index (κ1) is 13.0. The fourth-order valence-corrected chi connectivity index (χ4v) is 1.69. The molecule has 98 valence electrons. The zero-order valence-corrected chi connectivity index (χ0v) is 10.3. The molecule has 2 aromatic rings. The van der Waals surface area contributed by atoms with E-state index in [-0.39, 0.29) is 23.3 Å². The molecule has 0 spiro atoms. The summed E-state index contributed by atoms with van der Waals surface area (Å²) in [6, 6.07) is 8.44. The molecule has 0 unspecified atom stereocenters. The van der Waals surface area contributed by atoms with Gasteiger partial charge in [-0.1, -0.05) is 12.1 Å². The Bertz CT molecular complexity index is 631. The van der Waals surface area contributed by atoms with Crippen LogP contribution in [0, 0.1) is 5.82 Å². The lowest BCUT2D eigenvalue weighted by Crippen LogP contribution is -2.27. The van der Waals surface area contributed by atoms with Crippen molar-refractivity contribution in [3.63, 3.8) is 0 Å². The highest BCUT2D eigenvalue weighted by Gasteiger charge is 2.11. The largest absolute Gasteiger partial charge is 0.345 e. The first-order valence-corrected chi connectivity index (χ1v) is 5.81. The van der Waals surface area contributed by atoms with E-state index in [1.807, 2.05) is 0 Å². The molecule has 0 aliphatic heterocycles. The standard InChI is InChI=1S/C14H13FN2O2/c1-9(10-3-2-4-12(15)7-10)17-14(19)11-5-6-13(18)16-8-11/h2-9H,1H3,(H,16,18)(H,17,19)/t9-/m0/s1. The van der Waals surface area contributed by atoms with Gasteiger partial charge in [-0.15, -0.1) is 0 Å². The summed E-state index contributed by atoms with van der Waals surface area (Å²) in [6.45, 7) is 1.76. The molecule has 1 aromatic heterocycles. The number of amides is 1. The molecule has 1 amide bonds. The molecule has 0 bridgehead atoms. The Kier molecular flexibility index (Phi) is 3.75. The Morgan fingerprint density at radius 3 is 2.74 bits per heavy atom. The monoisotopic (exact) mass is 260 g/mol. The van der Waals surface area contributed by atoms with Crippen LogP contribution in [0.2, 0.25) is 0 Å². The average molecular weight is 260 g/mol. The molecule has 0 aliphatic carbocycles. The van der Waals surface area contributed by atoms with Crippen molar-refractivity contribution in [2.75, 3.05) is 0 Å². The highest BCUT2D eigenvalue weighted by Crippen LogP contribution is 2.13. The molecule has 4 nitrogen and oxygen atoms in total. The minimum Gasteiger partial charge on any atom is -0.345 e. The van der Waals surface area contributed by atoms with Gasteiger partial charge in [0.05, 0.1) is 11.6 Å². The van der Waals surface area contributed by atoms with Crippen molar-refractivity contribution in [2.24, 2.45) is 0 Å². The van der Waals surface area contributed by atoms with Crippen LogP contribution in [0.3, 0.4) is 0 Å². The molecule has 0 fully saturated rings. The Morgan fingerprint density at radius 1 is 1.32 bits per heavy atom. The van der Waals surface area contributed by atoms with Crippen molar-refractivity contribution in [2.45, 2.75) is 13.0 Å². The van der Waals surface area contributed by atoms with Gasteiger partial charge in [0.15, 0.2) is 0 Å². The summed E-state index contributed by atoms with van der Waals surface area (Å²) < 4.78 is 13.1. The maximum absolute atomic E-state index is 13.1. The van der Waals surface area contributed by atoms with E-state index < -0.39 is 0 Å². The van der Waals surface area contributed by atoms with Gasteiger partial charge in [-0.05, 0) is 30.7 Å². The zero-order chi connectivity index (χ0) is 13.8. The third-order valence-electron chi connectivity index (χ3n) is 2.74. The van der Waals surface area contributed by atoms with E-state index >= 15 is 0 Å². The number of carbonyl (C=O) groups is 1. The van der Waals surface area contributed by atoms with Gasteiger partial charge in [-0.3, -0.25) is 9.59 Å². The smallest absolute Gasteiger partial charge is 0.253 e. The first-order chi connectivity index (χ1) is 9.06. The van der Waals surface area contributed by atoms with Crippen LogP contribution in [0.4, 0.5) is 4.39 Å². The number of hydrogen-bond donors (Lipinski definition) is 2. The number of aromatic nitrogens is 1. The van der Waals surface area contributed by atoms with E-state index in [2.05, 4.69) is 10.3 Å². The minimum absolute atomic E-state index is 0.269. The van der Waals surface area contributed by atoms with Gasteiger partial charge in [-0.25, -0.2) is 4.39 Å². The van der Waals surface area contributed by atoms with Crippen molar-refractivity contribution in [3.8, 4) is 0 Å². The molecular formula is C14H13FN2O2. The van der Waals surface area contributed by atoms with Crippen molar-refractivity contribution >= 4 is 5.91 Å². The van der Waals surface area contributed by atoms with Gasteiger partial charge < -0.3 is 10.3 Å². The number of nitrogens with one attached hydrogen (secondary N) is 2. The Morgan fingerprint density at radius 2 is 2.11 bits per heavy atom. The van der Waals surface area contributed by atoms with E-state index in [0.717, 1.165) is 0 Å². The van der Waals surface area contributed by atoms with Gasteiger partial charge >= 0.3 is 0 Å². The SMILES string of the molecule is C[C@H](NC(=O)c1ccc(=O)[nH]c1)c1cccc(F)c1. The first-order valence-electron chi connectivity index (χ1n) is 5.81. The molecule has 0 saturated heterocycles. The van der Waals surface area contributed by atoms with Crippen LogP contribution in [0.1, 0.15) is 28.9 Å². The fraction of sp³-hybridized carbons (Fsp3) is 0.143. The van der Waals surface area contributed by atoms with Crippen molar-refractivity contribution < 1.29 is 9.18 Å². The summed E-state index contributed by atoms with van der Waals surface area (Å²) in [5.74, 6) is -0.671. The van der Waals surface area contributed by atoms with Crippen molar-refractivity contribution in [1.82, 2.24) is 10.3 Å². The summed E-state index contributed by atoms with van der Waals surface area (Å²) in [5, 5.41) is 2.73. The van der Waals surface area contributed by atoms with Gasteiger partial charge in [0, 0.05) is 12.3 Å². The second-order valence-corrected chi connectivity index (χ2v) is 4.19. The van der Waals surface area contributed by atoms with Crippen LogP contribution in [0.15, 0.2) is 47.4 Å².